The first-order valence-electron chi connectivity index (χ1n) is 4.07. The van der Waals surface area contributed by atoms with Crippen molar-refractivity contribution in [2.24, 2.45) is 0 Å². The van der Waals surface area contributed by atoms with Crippen molar-refractivity contribution in [1.82, 2.24) is 0 Å². The Kier molecular flexibility index (Phi) is 4.71. The van der Waals surface area contributed by atoms with Gasteiger partial charge in [0.2, 0.25) is 5.91 Å². The molecule has 0 spiro atoms. The van der Waals surface area contributed by atoms with Crippen LogP contribution in [0.2, 0.25) is 0 Å². The number of carbonyl (C=O) groups is 1. The van der Waals surface area contributed by atoms with Gasteiger partial charge in [0.15, 0.2) is 0 Å². The summed E-state index contributed by atoms with van der Waals surface area (Å²) in [6.45, 7) is 0.400. The third kappa shape index (κ3) is 2.67. The van der Waals surface area contributed by atoms with E-state index in [-0.39, 0.29) is 30.7 Å². The predicted octanol–water partition coefficient (Wildman–Crippen LogP) is 1.50. The zero-order valence-corrected chi connectivity index (χ0v) is 9.82. The number of rotatable bonds is 0. The number of nitrogens with one attached hydrogen (secondary N) is 1. The van der Waals surface area contributed by atoms with Crippen molar-refractivity contribution in [3.05, 3.63) is 18.2 Å². The summed E-state index contributed by atoms with van der Waals surface area (Å²) in [4.78, 5) is 13.1. The molecule has 0 unspecified atom stereocenters. The Morgan fingerprint density at radius 3 is 2.73 bits per heavy atom. The van der Waals surface area contributed by atoms with Crippen LogP contribution < -0.4 is 16.0 Å². The molecule has 15 heavy (non-hydrogen) atoms. The minimum atomic E-state index is 0. The molecule has 1 amide bonds. The molecule has 2 rings (SSSR count). The quantitative estimate of drug-likeness (QED) is 0.686. The second kappa shape index (κ2) is 5.09. The third-order valence-corrected chi connectivity index (χ3v) is 2.09. The zero-order valence-electron chi connectivity index (χ0n) is 8.19. The molecule has 0 bridgehead atoms. The number of hydrogen-bond donors (Lipinski definition) is 2. The van der Waals surface area contributed by atoms with Crippen LogP contribution in [0.25, 0.3) is 0 Å². The largest absolute Gasteiger partial charge is 0.399 e. The maximum atomic E-state index is 11.2. The molecule has 4 nitrogen and oxygen atoms in total. The lowest BCUT2D eigenvalue weighted by molar-refractivity contribution is -0.115. The second-order valence-corrected chi connectivity index (χ2v) is 3.18. The van der Waals surface area contributed by atoms with E-state index in [9.17, 15) is 4.79 Å². The highest BCUT2D eigenvalue weighted by Gasteiger charge is 2.18. The summed E-state index contributed by atoms with van der Waals surface area (Å²) in [6.07, 6.45) is 0. The summed E-state index contributed by atoms with van der Waals surface area (Å²) in [7, 11) is 1.88. The fourth-order valence-corrected chi connectivity index (χ4v) is 1.48. The number of hydrogen-bond acceptors (Lipinski definition) is 3. The van der Waals surface area contributed by atoms with Crippen LogP contribution in [0.15, 0.2) is 18.2 Å². The van der Waals surface area contributed by atoms with Crippen LogP contribution in [0.3, 0.4) is 0 Å². The van der Waals surface area contributed by atoms with Crippen molar-refractivity contribution in [3.8, 4) is 0 Å². The first-order valence-corrected chi connectivity index (χ1v) is 4.07. The van der Waals surface area contributed by atoms with Crippen LogP contribution in [0.4, 0.5) is 17.1 Å². The molecule has 1 aliphatic rings. The number of amides is 1. The normalized spacial score (nSPS) is 13.1. The summed E-state index contributed by atoms with van der Waals surface area (Å²) in [5.74, 6) is 0.000556. The van der Waals surface area contributed by atoms with E-state index < -0.39 is 0 Å². The first kappa shape index (κ1) is 13.9. The highest BCUT2D eigenvalue weighted by molar-refractivity contribution is 6.01. The lowest BCUT2D eigenvalue weighted by Crippen LogP contribution is -2.35. The van der Waals surface area contributed by atoms with Gasteiger partial charge in [-0.2, -0.15) is 0 Å². The van der Waals surface area contributed by atoms with Gasteiger partial charge in [-0.15, -0.1) is 24.8 Å². The van der Waals surface area contributed by atoms with E-state index in [1.165, 1.54) is 0 Å². The molecule has 0 saturated heterocycles. The number of benzene rings is 1. The summed E-state index contributed by atoms with van der Waals surface area (Å²) >= 11 is 0. The Morgan fingerprint density at radius 1 is 1.40 bits per heavy atom. The van der Waals surface area contributed by atoms with E-state index >= 15 is 0 Å². The molecule has 0 aliphatic carbocycles. The van der Waals surface area contributed by atoms with Crippen LogP contribution in [0.5, 0.6) is 0 Å². The van der Waals surface area contributed by atoms with E-state index in [1.807, 2.05) is 24.1 Å². The van der Waals surface area contributed by atoms with Crippen LogP contribution in [0.1, 0.15) is 0 Å². The van der Waals surface area contributed by atoms with Crippen LogP contribution in [-0.2, 0) is 4.79 Å². The van der Waals surface area contributed by atoms with Gasteiger partial charge in [0.1, 0.15) is 0 Å². The Bertz CT molecular complexity index is 370. The van der Waals surface area contributed by atoms with Gasteiger partial charge >= 0.3 is 0 Å². The van der Waals surface area contributed by atoms with Crippen molar-refractivity contribution in [2.45, 2.75) is 0 Å². The fraction of sp³-hybridized carbons (Fsp3) is 0.222. The van der Waals surface area contributed by atoms with E-state index in [0.29, 0.717) is 12.2 Å². The molecule has 1 aromatic rings. The van der Waals surface area contributed by atoms with Gasteiger partial charge in [-0.05, 0) is 18.2 Å². The summed E-state index contributed by atoms with van der Waals surface area (Å²) in [5.41, 5.74) is 8.06. The minimum Gasteiger partial charge on any atom is -0.399 e. The molecule has 84 valence electrons. The Balaban J connectivity index is 0.000000980. The standard InChI is InChI=1S/C9H11N3O.2ClH/c1-12-5-9(13)11-7-4-6(10)2-3-8(7)12;;/h2-4H,5,10H2,1H3,(H,11,13);2*1H. The Labute approximate surface area is 101 Å². The maximum Gasteiger partial charge on any atom is 0.243 e. The van der Waals surface area contributed by atoms with Crippen molar-refractivity contribution in [3.63, 3.8) is 0 Å². The SMILES string of the molecule is CN1CC(=O)Nc2cc(N)ccc21.Cl.Cl. The molecular formula is C9H13Cl2N3O. The molecule has 0 aromatic heterocycles. The molecule has 1 heterocycles. The van der Waals surface area contributed by atoms with Crippen molar-refractivity contribution in [2.75, 3.05) is 29.5 Å². The highest BCUT2D eigenvalue weighted by atomic mass is 35.5. The fourth-order valence-electron chi connectivity index (χ4n) is 1.48. The first-order chi connectivity index (χ1) is 6.16. The summed E-state index contributed by atoms with van der Waals surface area (Å²) < 4.78 is 0. The minimum absolute atomic E-state index is 0. The van der Waals surface area contributed by atoms with Crippen LogP contribution in [0, 0.1) is 0 Å². The zero-order chi connectivity index (χ0) is 9.42. The van der Waals surface area contributed by atoms with E-state index in [2.05, 4.69) is 5.32 Å². The summed E-state index contributed by atoms with van der Waals surface area (Å²) in [6, 6.07) is 5.50. The molecule has 0 atom stereocenters. The molecule has 6 heteroatoms. The van der Waals surface area contributed by atoms with Gasteiger partial charge in [0.05, 0.1) is 17.9 Å². The Hall–Kier alpha value is -1.13. The number of nitrogen functional groups attached to an aromatic ring is 1. The Morgan fingerprint density at radius 2 is 2.07 bits per heavy atom. The number of halogens is 2. The van der Waals surface area contributed by atoms with Gasteiger partial charge < -0.3 is 16.0 Å². The molecule has 0 saturated carbocycles. The average Bonchev–Trinajstić information content (AvgIpc) is 2.02. The number of nitrogens with zero attached hydrogens (tertiary/aromatic N) is 1. The topological polar surface area (TPSA) is 58.4 Å². The van der Waals surface area contributed by atoms with E-state index in [0.717, 1.165) is 11.4 Å². The van der Waals surface area contributed by atoms with Gasteiger partial charge in [0.25, 0.3) is 0 Å². The highest BCUT2D eigenvalue weighted by Crippen LogP contribution is 2.29. The summed E-state index contributed by atoms with van der Waals surface area (Å²) in [5, 5.41) is 2.77. The molecule has 1 aromatic carbocycles. The van der Waals surface area contributed by atoms with Gasteiger partial charge in [-0.25, -0.2) is 0 Å². The number of carbonyl (C=O) groups excluding carboxylic acids is 1. The number of anilines is 3. The third-order valence-electron chi connectivity index (χ3n) is 2.09. The molecule has 1 aliphatic heterocycles. The van der Waals surface area contributed by atoms with Crippen molar-refractivity contribution < 1.29 is 4.79 Å². The average molecular weight is 250 g/mol. The van der Waals surface area contributed by atoms with Crippen LogP contribution in [-0.4, -0.2) is 19.5 Å². The van der Waals surface area contributed by atoms with Crippen LogP contribution >= 0.6 is 24.8 Å². The van der Waals surface area contributed by atoms with Gasteiger partial charge in [0, 0.05) is 12.7 Å². The number of nitrogens with two attached hydrogens (primary N) is 1. The van der Waals surface area contributed by atoms with E-state index in [4.69, 9.17) is 5.73 Å². The monoisotopic (exact) mass is 249 g/mol. The molecular weight excluding hydrogens is 237 g/mol. The maximum absolute atomic E-state index is 11.2. The smallest absolute Gasteiger partial charge is 0.243 e. The van der Waals surface area contributed by atoms with Gasteiger partial charge in [-0.3, -0.25) is 4.79 Å². The lowest BCUT2D eigenvalue weighted by Gasteiger charge is -2.27. The van der Waals surface area contributed by atoms with Crippen molar-refractivity contribution in [1.29, 1.82) is 0 Å². The predicted molar refractivity (Wildman–Crippen MR) is 67.3 cm³/mol. The second-order valence-electron chi connectivity index (χ2n) is 3.18. The molecule has 3 N–H and O–H groups in total. The number of fused-ring (bicyclic) bond motifs is 1. The lowest BCUT2D eigenvalue weighted by atomic mass is 10.2. The number of likely N-dealkylation sites (N-methyl/N-ethyl adjacent to an activating group) is 1. The van der Waals surface area contributed by atoms with Gasteiger partial charge in [-0.1, -0.05) is 0 Å². The molecule has 0 fully saturated rings. The molecule has 0 radical (unpaired) electrons. The van der Waals surface area contributed by atoms with E-state index in [1.54, 1.807) is 6.07 Å². The van der Waals surface area contributed by atoms with Crippen molar-refractivity contribution >= 4 is 47.8 Å².